The third kappa shape index (κ3) is 5.82. The Balaban J connectivity index is 2.00. The maximum Gasteiger partial charge on any atom is 0.256 e. The standard InChI is InChI=1S/C16H20F2N6O3S/c1-9(25)15(26)20-4-3-19-14-12(17)5-11(6-13(14)18)24-8-10(22-23-24)7-21-16(28)27-2/h5-6,8-9,19,25H,3-4,7H2,1-2H3,(H,20,26)(H,21,28). The number of nitrogens with zero attached hydrogens (tertiary/aromatic N) is 3. The highest BCUT2D eigenvalue weighted by Gasteiger charge is 2.14. The van der Waals surface area contributed by atoms with Crippen molar-refractivity contribution in [2.45, 2.75) is 19.6 Å². The molecule has 12 heteroatoms. The summed E-state index contributed by atoms with van der Waals surface area (Å²) in [5.41, 5.74) is 0.315. The molecule has 9 nitrogen and oxygen atoms in total. The molecule has 1 aromatic carbocycles. The Kier molecular flexibility index (Phi) is 7.58. The number of carbonyl (C=O) groups excluding carboxylic acids is 1. The van der Waals surface area contributed by atoms with E-state index >= 15 is 0 Å². The van der Waals surface area contributed by atoms with Gasteiger partial charge in [0, 0.05) is 25.2 Å². The Morgan fingerprint density at radius 1 is 1.32 bits per heavy atom. The smallest absolute Gasteiger partial charge is 0.256 e. The summed E-state index contributed by atoms with van der Waals surface area (Å²) in [5.74, 6) is -2.22. The fourth-order valence-corrected chi connectivity index (χ4v) is 2.19. The lowest BCUT2D eigenvalue weighted by atomic mass is 10.2. The summed E-state index contributed by atoms with van der Waals surface area (Å²) in [6, 6.07) is 2.21. The van der Waals surface area contributed by atoms with Gasteiger partial charge in [0.15, 0.2) is 11.6 Å². The molecule has 0 bridgehead atoms. The van der Waals surface area contributed by atoms with Crippen molar-refractivity contribution in [1.29, 1.82) is 0 Å². The second-order valence-electron chi connectivity index (χ2n) is 5.68. The van der Waals surface area contributed by atoms with Gasteiger partial charge < -0.3 is 25.8 Å². The number of amides is 1. The van der Waals surface area contributed by atoms with Crippen LogP contribution < -0.4 is 16.0 Å². The molecule has 28 heavy (non-hydrogen) atoms. The minimum atomic E-state index is -1.15. The Morgan fingerprint density at radius 3 is 2.61 bits per heavy atom. The van der Waals surface area contributed by atoms with E-state index in [-0.39, 0.29) is 36.2 Å². The van der Waals surface area contributed by atoms with E-state index in [0.29, 0.717) is 5.69 Å². The van der Waals surface area contributed by atoms with Gasteiger partial charge in [0.05, 0.1) is 25.5 Å². The van der Waals surface area contributed by atoms with Crippen molar-refractivity contribution in [3.63, 3.8) is 0 Å². The quantitative estimate of drug-likeness (QED) is 0.364. The van der Waals surface area contributed by atoms with Crippen LogP contribution in [0, 0.1) is 11.6 Å². The first-order valence-electron chi connectivity index (χ1n) is 8.24. The van der Waals surface area contributed by atoms with Crippen molar-refractivity contribution < 1.29 is 23.4 Å². The van der Waals surface area contributed by atoms with Crippen molar-refractivity contribution in [2.75, 3.05) is 25.5 Å². The number of ether oxygens (including phenoxy) is 1. The largest absolute Gasteiger partial charge is 0.474 e. The summed E-state index contributed by atoms with van der Waals surface area (Å²) in [4.78, 5) is 11.2. The van der Waals surface area contributed by atoms with Gasteiger partial charge in [-0.1, -0.05) is 5.21 Å². The van der Waals surface area contributed by atoms with E-state index in [2.05, 4.69) is 26.3 Å². The molecule has 0 saturated heterocycles. The van der Waals surface area contributed by atoms with E-state index in [1.807, 2.05) is 0 Å². The van der Waals surface area contributed by atoms with Gasteiger partial charge in [0.25, 0.3) is 5.17 Å². The van der Waals surface area contributed by atoms with Gasteiger partial charge >= 0.3 is 0 Å². The van der Waals surface area contributed by atoms with Gasteiger partial charge in [0.2, 0.25) is 5.91 Å². The van der Waals surface area contributed by atoms with Gasteiger partial charge in [-0.05, 0) is 19.1 Å². The number of hydrogen-bond donors (Lipinski definition) is 4. The summed E-state index contributed by atoms with van der Waals surface area (Å²) in [6.07, 6.45) is 0.346. The molecule has 0 fully saturated rings. The van der Waals surface area contributed by atoms with E-state index in [1.54, 1.807) is 0 Å². The molecule has 152 valence electrons. The van der Waals surface area contributed by atoms with E-state index in [4.69, 9.17) is 22.1 Å². The molecule has 1 heterocycles. The monoisotopic (exact) mass is 414 g/mol. The number of aromatic nitrogens is 3. The molecule has 2 rings (SSSR count). The zero-order chi connectivity index (χ0) is 20.7. The summed E-state index contributed by atoms with van der Waals surface area (Å²) in [5, 5.41) is 24.7. The molecule has 0 aliphatic heterocycles. The minimum absolute atomic E-state index is 0.0736. The van der Waals surface area contributed by atoms with Gasteiger partial charge in [-0.15, -0.1) is 5.10 Å². The fourth-order valence-electron chi connectivity index (χ4n) is 2.12. The normalized spacial score (nSPS) is 11.6. The van der Waals surface area contributed by atoms with Crippen LogP contribution in [0.1, 0.15) is 12.6 Å². The Labute approximate surface area is 165 Å². The second-order valence-corrected chi connectivity index (χ2v) is 6.05. The molecule has 0 aliphatic carbocycles. The van der Waals surface area contributed by atoms with E-state index < -0.39 is 23.6 Å². The van der Waals surface area contributed by atoms with Crippen LogP contribution in [0.3, 0.4) is 0 Å². The van der Waals surface area contributed by atoms with Crippen molar-refractivity contribution in [1.82, 2.24) is 25.6 Å². The van der Waals surface area contributed by atoms with E-state index in [0.717, 1.165) is 12.1 Å². The van der Waals surface area contributed by atoms with Crippen LogP contribution >= 0.6 is 12.2 Å². The van der Waals surface area contributed by atoms with Crippen LogP contribution in [-0.2, 0) is 16.1 Å². The lowest BCUT2D eigenvalue weighted by molar-refractivity contribution is -0.128. The molecule has 1 amide bonds. The number of anilines is 1. The summed E-state index contributed by atoms with van der Waals surface area (Å²) < 4.78 is 34.6. The third-order valence-corrected chi connectivity index (χ3v) is 3.85. The Morgan fingerprint density at radius 2 is 2.00 bits per heavy atom. The lowest BCUT2D eigenvalue weighted by Gasteiger charge is -2.12. The molecule has 2 aromatic rings. The summed E-state index contributed by atoms with van der Waals surface area (Å²) in [7, 11) is 1.43. The number of benzene rings is 1. The third-order valence-electron chi connectivity index (χ3n) is 3.54. The first-order valence-corrected chi connectivity index (χ1v) is 8.64. The molecule has 1 aromatic heterocycles. The fraction of sp³-hybridized carbons (Fsp3) is 0.375. The Hall–Kier alpha value is -2.86. The molecule has 4 N–H and O–H groups in total. The van der Waals surface area contributed by atoms with Gasteiger partial charge in [-0.3, -0.25) is 4.79 Å². The predicted octanol–water partition coefficient (Wildman–Crippen LogP) is 0.475. The molecule has 0 radical (unpaired) electrons. The number of methoxy groups -OCH3 is 1. The molecule has 0 aliphatic rings. The summed E-state index contributed by atoms with van der Waals surface area (Å²) >= 11 is 4.84. The topological polar surface area (TPSA) is 113 Å². The van der Waals surface area contributed by atoms with Crippen LogP contribution in [0.4, 0.5) is 14.5 Å². The minimum Gasteiger partial charge on any atom is -0.474 e. The van der Waals surface area contributed by atoms with Crippen molar-refractivity contribution >= 4 is 29.0 Å². The molecule has 1 unspecified atom stereocenters. The van der Waals surface area contributed by atoms with Crippen molar-refractivity contribution in [2.24, 2.45) is 0 Å². The highest BCUT2D eigenvalue weighted by atomic mass is 32.1. The van der Waals surface area contributed by atoms with Crippen LogP contribution in [0.5, 0.6) is 0 Å². The second kappa shape index (κ2) is 9.90. The number of carbonyl (C=O) groups is 1. The van der Waals surface area contributed by atoms with Crippen molar-refractivity contribution in [3.8, 4) is 5.69 Å². The number of aliphatic hydroxyl groups is 1. The van der Waals surface area contributed by atoms with E-state index in [1.165, 1.54) is 24.9 Å². The Bertz CT molecular complexity index is 823. The zero-order valence-corrected chi connectivity index (χ0v) is 16.0. The average Bonchev–Trinajstić information content (AvgIpc) is 3.13. The molecule has 0 spiro atoms. The average molecular weight is 414 g/mol. The van der Waals surface area contributed by atoms with Gasteiger partial charge in [0.1, 0.15) is 17.5 Å². The van der Waals surface area contributed by atoms with Gasteiger partial charge in [-0.2, -0.15) is 0 Å². The maximum absolute atomic E-state index is 14.3. The van der Waals surface area contributed by atoms with Crippen LogP contribution in [0.25, 0.3) is 5.69 Å². The number of nitrogens with one attached hydrogen (secondary N) is 3. The van der Waals surface area contributed by atoms with Crippen LogP contribution in [0.15, 0.2) is 18.3 Å². The number of thiocarbonyl (C=S) groups is 1. The molecule has 1 atom stereocenters. The number of rotatable bonds is 8. The first-order chi connectivity index (χ1) is 13.3. The first kappa shape index (κ1) is 21.4. The molecule has 0 saturated carbocycles. The van der Waals surface area contributed by atoms with Crippen molar-refractivity contribution in [3.05, 3.63) is 35.7 Å². The SMILES string of the molecule is COC(=S)NCc1cn(-c2cc(F)c(NCCNC(=O)C(C)O)c(F)c2)nn1. The lowest BCUT2D eigenvalue weighted by Crippen LogP contribution is -2.35. The zero-order valence-electron chi connectivity index (χ0n) is 15.2. The van der Waals surface area contributed by atoms with E-state index in [9.17, 15) is 13.6 Å². The number of aliphatic hydroxyl groups excluding tert-OH is 1. The maximum atomic E-state index is 14.3. The van der Waals surface area contributed by atoms with Gasteiger partial charge in [-0.25, -0.2) is 13.5 Å². The number of halogens is 2. The predicted molar refractivity (Wildman–Crippen MR) is 101 cm³/mol. The van der Waals surface area contributed by atoms with Crippen LogP contribution in [0.2, 0.25) is 0 Å². The molecular weight excluding hydrogens is 394 g/mol. The number of hydrogen-bond acceptors (Lipinski definition) is 7. The molecular formula is C16H20F2N6O3S. The highest BCUT2D eigenvalue weighted by Crippen LogP contribution is 2.22. The van der Waals surface area contributed by atoms with Crippen LogP contribution in [-0.4, -0.2) is 57.5 Å². The highest BCUT2D eigenvalue weighted by molar-refractivity contribution is 7.80. The summed E-state index contributed by atoms with van der Waals surface area (Å²) in [6.45, 7) is 1.73.